The van der Waals surface area contributed by atoms with E-state index in [1.54, 1.807) is 0 Å². The number of carbonyl (C=O) groups is 1. The number of amides is 1. The summed E-state index contributed by atoms with van der Waals surface area (Å²) in [5.41, 5.74) is -0.318. The molecular weight excluding hydrogens is 441 g/mol. The Hall–Kier alpha value is -2.76. The number of ether oxygens (including phenoxy) is 1. The number of carbonyl (C=O) groups excluding carboxylic acids is 1. The summed E-state index contributed by atoms with van der Waals surface area (Å²) >= 11 is 5.85. The molecule has 30 heavy (non-hydrogen) atoms. The zero-order chi connectivity index (χ0) is 21.9. The first-order chi connectivity index (χ1) is 14.2. The molecule has 0 atom stereocenters. The number of nitrogens with zero attached hydrogens (tertiary/aromatic N) is 3. The van der Waals surface area contributed by atoms with E-state index in [9.17, 15) is 27.7 Å². The first kappa shape index (κ1) is 21.9. The normalized spacial score (nSPS) is 15.1. The van der Waals surface area contributed by atoms with Gasteiger partial charge in [0.15, 0.2) is 6.61 Å². The van der Waals surface area contributed by atoms with Crippen molar-refractivity contribution in [3.63, 3.8) is 0 Å². The molecule has 0 spiro atoms. The fourth-order valence-electron chi connectivity index (χ4n) is 2.91. The van der Waals surface area contributed by atoms with Crippen molar-refractivity contribution in [2.45, 2.75) is 4.90 Å². The van der Waals surface area contributed by atoms with Gasteiger partial charge in [0.1, 0.15) is 11.6 Å². The van der Waals surface area contributed by atoms with Crippen LogP contribution in [0.5, 0.6) is 5.75 Å². The molecule has 2 aromatic rings. The number of rotatable bonds is 6. The van der Waals surface area contributed by atoms with Gasteiger partial charge in [-0.1, -0.05) is 17.7 Å². The number of nitro groups is 1. The molecule has 2 aromatic carbocycles. The number of benzene rings is 2. The van der Waals surface area contributed by atoms with Gasteiger partial charge in [0.2, 0.25) is 10.0 Å². The summed E-state index contributed by atoms with van der Waals surface area (Å²) in [4.78, 5) is 23.8. The second-order valence-electron chi connectivity index (χ2n) is 6.40. The molecule has 1 aliphatic rings. The largest absolute Gasteiger partial charge is 0.482 e. The van der Waals surface area contributed by atoms with E-state index in [1.807, 2.05) is 0 Å². The van der Waals surface area contributed by atoms with Crippen LogP contribution in [0.3, 0.4) is 0 Å². The van der Waals surface area contributed by atoms with E-state index in [0.29, 0.717) is 0 Å². The van der Waals surface area contributed by atoms with Crippen LogP contribution in [0.4, 0.5) is 10.1 Å². The first-order valence-corrected chi connectivity index (χ1v) is 10.6. The van der Waals surface area contributed by atoms with Gasteiger partial charge in [-0.05, 0) is 24.3 Å². The number of hydrogen-bond donors (Lipinski definition) is 0. The molecule has 1 fully saturated rings. The van der Waals surface area contributed by atoms with Gasteiger partial charge in [-0.3, -0.25) is 14.9 Å². The molecule has 0 aliphatic carbocycles. The summed E-state index contributed by atoms with van der Waals surface area (Å²) in [7, 11) is -3.93. The minimum atomic E-state index is -3.93. The fraction of sp³-hybridized carbons (Fsp3) is 0.278. The second-order valence-corrected chi connectivity index (χ2v) is 8.75. The molecular formula is C18H17ClFN3O6S. The maximum Gasteiger partial charge on any atom is 0.270 e. The quantitative estimate of drug-likeness (QED) is 0.486. The summed E-state index contributed by atoms with van der Waals surface area (Å²) in [6, 6.07) is 8.36. The van der Waals surface area contributed by atoms with Crippen molar-refractivity contribution in [2.75, 3.05) is 32.8 Å². The SMILES string of the molecule is O=C(COc1ccc(F)cc1Cl)N1CCN(S(=O)(=O)c2cccc([N+](=O)[O-])c2)CC1. The number of piperazine rings is 1. The average molecular weight is 458 g/mol. The average Bonchev–Trinajstić information content (AvgIpc) is 2.73. The molecule has 160 valence electrons. The van der Waals surface area contributed by atoms with Crippen molar-refractivity contribution in [1.82, 2.24) is 9.21 Å². The molecule has 0 radical (unpaired) electrons. The lowest BCUT2D eigenvalue weighted by molar-refractivity contribution is -0.385. The Morgan fingerprint density at radius 2 is 1.87 bits per heavy atom. The van der Waals surface area contributed by atoms with Crippen LogP contribution in [0.25, 0.3) is 0 Å². The molecule has 1 saturated heterocycles. The van der Waals surface area contributed by atoms with Crippen LogP contribution in [-0.2, 0) is 14.8 Å². The van der Waals surface area contributed by atoms with E-state index in [4.69, 9.17) is 16.3 Å². The van der Waals surface area contributed by atoms with Crippen LogP contribution in [0.2, 0.25) is 5.02 Å². The maximum absolute atomic E-state index is 13.1. The predicted molar refractivity (Wildman–Crippen MR) is 105 cm³/mol. The van der Waals surface area contributed by atoms with E-state index in [2.05, 4.69) is 0 Å². The maximum atomic E-state index is 13.1. The Labute approximate surface area is 176 Å². The standard InChI is InChI=1S/C18H17ClFN3O6S/c19-16-10-13(20)4-5-17(16)29-12-18(24)21-6-8-22(9-7-21)30(27,28)15-3-1-2-14(11-15)23(25)26/h1-5,10-11H,6-9,12H2. The molecule has 0 N–H and O–H groups in total. The topological polar surface area (TPSA) is 110 Å². The lowest BCUT2D eigenvalue weighted by Crippen LogP contribution is -2.51. The van der Waals surface area contributed by atoms with Gasteiger partial charge >= 0.3 is 0 Å². The van der Waals surface area contributed by atoms with E-state index in [0.717, 1.165) is 18.2 Å². The highest BCUT2D eigenvalue weighted by atomic mass is 35.5. The summed E-state index contributed by atoms with van der Waals surface area (Å²) in [5.74, 6) is -0.735. The van der Waals surface area contributed by atoms with E-state index in [1.165, 1.54) is 33.5 Å². The van der Waals surface area contributed by atoms with Gasteiger partial charge in [-0.25, -0.2) is 12.8 Å². The Kier molecular flexibility index (Phi) is 6.54. The molecule has 1 amide bonds. The Balaban J connectivity index is 1.59. The monoisotopic (exact) mass is 457 g/mol. The van der Waals surface area contributed by atoms with Crippen molar-refractivity contribution < 1.29 is 27.3 Å². The summed E-state index contributed by atoms with van der Waals surface area (Å²) in [5, 5.41) is 10.9. The van der Waals surface area contributed by atoms with Crippen LogP contribution >= 0.6 is 11.6 Å². The van der Waals surface area contributed by atoms with Crippen LogP contribution < -0.4 is 4.74 Å². The number of halogens is 2. The molecule has 12 heteroatoms. The summed E-state index contributed by atoms with van der Waals surface area (Å²) in [6.45, 7) is 0.00607. The number of nitro benzene ring substituents is 1. The Morgan fingerprint density at radius 1 is 1.17 bits per heavy atom. The highest BCUT2D eigenvalue weighted by Crippen LogP contribution is 2.25. The molecule has 3 rings (SSSR count). The van der Waals surface area contributed by atoms with Crippen molar-refractivity contribution >= 4 is 33.2 Å². The zero-order valence-electron chi connectivity index (χ0n) is 15.5. The van der Waals surface area contributed by atoms with Gasteiger partial charge in [-0.15, -0.1) is 0 Å². The van der Waals surface area contributed by atoms with Crippen molar-refractivity contribution in [3.05, 3.63) is 63.4 Å². The van der Waals surface area contributed by atoms with Crippen molar-refractivity contribution in [2.24, 2.45) is 0 Å². The first-order valence-electron chi connectivity index (χ1n) is 8.79. The van der Waals surface area contributed by atoms with Crippen molar-refractivity contribution in [1.29, 1.82) is 0 Å². The molecule has 1 aliphatic heterocycles. The highest BCUT2D eigenvalue weighted by Gasteiger charge is 2.31. The van der Waals surface area contributed by atoms with E-state index < -0.39 is 20.8 Å². The number of non-ortho nitro benzene ring substituents is 1. The zero-order valence-corrected chi connectivity index (χ0v) is 17.1. The van der Waals surface area contributed by atoms with Gasteiger partial charge < -0.3 is 9.64 Å². The minimum absolute atomic E-state index is 0.0358. The lowest BCUT2D eigenvalue weighted by atomic mass is 10.3. The summed E-state index contributed by atoms with van der Waals surface area (Å²) < 4.78 is 45.0. The molecule has 0 saturated carbocycles. The van der Waals surface area contributed by atoms with Crippen LogP contribution in [0.1, 0.15) is 0 Å². The third kappa shape index (κ3) is 4.86. The predicted octanol–water partition coefficient (Wildman–Crippen LogP) is 2.30. The molecule has 0 aromatic heterocycles. The third-order valence-electron chi connectivity index (χ3n) is 4.50. The number of hydrogen-bond acceptors (Lipinski definition) is 6. The fourth-order valence-corrected chi connectivity index (χ4v) is 4.59. The lowest BCUT2D eigenvalue weighted by Gasteiger charge is -2.33. The smallest absolute Gasteiger partial charge is 0.270 e. The van der Waals surface area contributed by atoms with Crippen LogP contribution in [-0.4, -0.2) is 61.2 Å². The minimum Gasteiger partial charge on any atom is -0.482 e. The number of sulfonamides is 1. The highest BCUT2D eigenvalue weighted by molar-refractivity contribution is 7.89. The Bertz CT molecular complexity index is 1070. The van der Waals surface area contributed by atoms with Gasteiger partial charge in [-0.2, -0.15) is 4.31 Å². The second kappa shape index (κ2) is 8.94. The molecule has 1 heterocycles. The van der Waals surface area contributed by atoms with E-state index in [-0.39, 0.29) is 60.0 Å². The van der Waals surface area contributed by atoms with Gasteiger partial charge in [0.25, 0.3) is 11.6 Å². The van der Waals surface area contributed by atoms with Gasteiger partial charge in [0, 0.05) is 38.3 Å². The third-order valence-corrected chi connectivity index (χ3v) is 6.69. The van der Waals surface area contributed by atoms with Crippen LogP contribution in [0, 0.1) is 15.9 Å². The molecule has 9 nitrogen and oxygen atoms in total. The molecule has 0 bridgehead atoms. The van der Waals surface area contributed by atoms with Crippen LogP contribution in [0.15, 0.2) is 47.4 Å². The van der Waals surface area contributed by atoms with E-state index >= 15 is 0 Å². The Morgan fingerprint density at radius 3 is 2.50 bits per heavy atom. The van der Waals surface area contributed by atoms with Crippen molar-refractivity contribution in [3.8, 4) is 5.75 Å². The van der Waals surface area contributed by atoms with Gasteiger partial charge in [0.05, 0.1) is 14.8 Å². The summed E-state index contributed by atoms with van der Waals surface area (Å²) in [6.07, 6.45) is 0. The molecule has 0 unspecified atom stereocenters.